The first-order chi connectivity index (χ1) is 10.6. The maximum atomic E-state index is 14.4. The van der Waals surface area contributed by atoms with Crippen LogP contribution < -0.4 is 10.6 Å². The number of hydrogen-bond acceptors (Lipinski definition) is 3. The predicted octanol–water partition coefficient (Wildman–Crippen LogP) is 1.86. The number of fused-ring (bicyclic) bond motifs is 1. The Labute approximate surface area is 127 Å². The number of aromatic nitrogens is 2. The monoisotopic (exact) mass is 300 g/mol. The maximum absolute atomic E-state index is 14.4. The SMILES string of the molecule is Cn1cncc1/C=C/C(=O)Nc1ccc2c(c1F)CCNC2. The molecule has 1 aliphatic rings. The van der Waals surface area contributed by atoms with E-state index >= 15 is 0 Å². The second-order valence-corrected chi connectivity index (χ2v) is 5.24. The highest BCUT2D eigenvalue weighted by Crippen LogP contribution is 2.24. The Kier molecular flexibility index (Phi) is 4.02. The van der Waals surface area contributed by atoms with E-state index in [4.69, 9.17) is 0 Å². The van der Waals surface area contributed by atoms with Crippen LogP contribution in [0.25, 0.3) is 6.08 Å². The van der Waals surface area contributed by atoms with Crippen LogP contribution in [0.15, 0.2) is 30.7 Å². The van der Waals surface area contributed by atoms with Gasteiger partial charge in [-0.25, -0.2) is 9.37 Å². The van der Waals surface area contributed by atoms with Gasteiger partial charge < -0.3 is 15.2 Å². The van der Waals surface area contributed by atoms with Crippen molar-refractivity contribution in [2.75, 3.05) is 11.9 Å². The number of rotatable bonds is 3. The standard InChI is InChI=1S/C16H17FN4O/c1-21-10-19-9-12(21)3-5-15(22)20-14-4-2-11-8-18-7-6-13(11)16(14)17/h2-5,9-10,18H,6-8H2,1H3,(H,20,22)/b5-3+. The molecular weight excluding hydrogens is 283 g/mol. The molecule has 0 spiro atoms. The lowest BCUT2D eigenvalue weighted by atomic mass is 9.99. The summed E-state index contributed by atoms with van der Waals surface area (Å²) in [5, 5.41) is 5.79. The largest absolute Gasteiger partial charge is 0.334 e. The first kappa shape index (κ1) is 14.5. The quantitative estimate of drug-likeness (QED) is 0.851. The first-order valence-corrected chi connectivity index (χ1v) is 7.11. The minimum atomic E-state index is -0.367. The molecule has 1 aliphatic heterocycles. The Morgan fingerprint density at radius 2 is 2.36 bits per heavy atom. The van der Waals surface area contributed by atoms with Gasteiger partial charge in [0.15, 0.2) is 0 Å². The zero-order chi connectivity index (χ0) is 15.5. The van der Waals surface area contributed by atoms with Crippen molar-refractivity contribution in [3.63, 3.8) is 0 Å². The average Bonchev–Trinajstić information content (AvgIpc) is 2.93. The minimum Gasteiger partial charge on any atom is -0.334 e. The maximum Gasteiger partial charge on any atom is 0.248 e. The molecule has 0 aliphatic carbocycles. The summed E-state index contributed by atoms with van der Waals surface area (Å²) >= 11 is 0. The van der Waals surface area contributed by atoms with Crippen molar-refractivity contribution in [1.82, 2.24) is 14.9 Å². The van der Waals surface area contributed by atoms with Crippen molar-refractivity contribution in [2.24, 2.45) is 7.05 Å². The predicted molar refractivity (Wildman–Crippen MR) is 82.7 cm³/mol. The molecule has 0 saturated heterocycles. The Balaban J connectivity index is 1.74. The topological polar surface area (TPSA) is 59.0 Å². The van der Waals surface area contributed by atoms with E-state index in [1.165, 1.54) is 6.08 Å². The molecule has 0 unspecified atom stereocenters. The van der Waals surface area contributed by atoms with Gasteiger partial charge in [-0.1, -0.05) is 6.07 Å². The van der Waals surface area contributed by atoms with Crippen LogP contribution in [0, 0.1) is 5.82 Å². The van der Waals surface area contributed by atoms with Gasteiger partial charge in [0.05, 0.1) is 23.9 Å². The number of imidazole rings is 1. The third kappa shape index (κ3) is 2.92. The summed E-state index contributed by atoms with van der Waals surface area (Å²) < 4.78 is 16.2. The number of benzene rings is 1. The normalized spacial score (nSPS) is 14.1. The van der Waals surface area contributed by atoms with Gasteiger partial charge in [0.2, 0.25) is 5.91 Å². The number of nitrogens with one attached hydrogen (secondary N) is 2. The second kappa shape index (κ2) is 6.11. The summed E-state index contributed by atoms with van der Waals surface area (Å²) in [4.78, 5) is 15.9. The third-order valence-electron chi connectivity index (χ3n) is 3.72. The summed E-state index contributed by atoms with van der Waals surface area (Å²) in [6, 6.07) is 3.46. The zero-order valence-electron chi connectivity index (χ0n) is 12.3. The molecule has 2 heterocycles. The van der Waals surface area contributed by atoms with Gasteiger partial charge in [0, 0.05) is 19.7 Å². The molecule has 0 atom stereocenters. The summed E-state index contributed by atoms with van der Waals surface area (Å²) in [5.74, 6) is -0.699. The molecule has 2 N–H and O–H groups in total. The molecule has 114 valence electrons. The van der Waals surface area contributed by atoms with Crippen molar-refractivity contribution in [1.29, 1.82) is 0 Å². The van der Waals surface area contributed by atoms with Crippen molar-refractivity contribution in [3.05, 3.63) is 53.4 Å². The molecule has 6 heteroatoms. The number of halogens is 1. The second-order valence-electron chi connectivity index (χ2n) is 5.24. The lowest BCUT2D eigenvalue weighted by Crippen LogP contribution is -2.25. The van der Waals surface area contributed by atoms with E-state index in [0.717, 1.165) is 17.8 Å². The number of anilines is 1. The van der Waals surface area contributed by atoms with Crippen molar-refractivity contribution < 1.29 is 9.18 Å². The smallest absolute Gasteiger partial charge is 0.248 e. The van der Waals surface area contributed by atoms with Crippen LogP contribution in [-0.2, 0) is 24.8 Å². The van der Waals surface area contributed by atoms with Gasteiger partial charge in [0.1, 0.15) is 5.82 Å². The molecule has 1 aromatic carbocycles. The highest BCUT2D eigenvalue weighted by Gasteiger charge is 2.16. The first-order valence-electron chi connectivity index (χ1n) is 7.11. The molecule has 2 aromatic rings. The van der Waals surface area contributed by atoms with E-state index in [9.17, 15) is 9.18 Å². The van der Waals surface area contributed by atoms with Crippen molar-refractivity contribution in [2.45, 2.75) is 13.0 Å². The lowest BCUT2D eigenvalue weighted by molar-refractivity contribution is -0.111. The van der Waals surface area contributed by atoms with E-state index < -0.39 is 0 Å². The molecule has 0 saturated carbocycles. The molecule has 1 amide bonds. The molecule has 3 rings (SSSR count). The Hall–Kier alpha value is -2.47. The van der Waals surface area contributed by atoms with E-state index in [-0.39, 0.29) is 17.4 Å². The van der Waals surface area contributed by atoms with Gasteiger partial charge in [-0.05, 0) is 36.2 Å². The minimum absolute atomic E-state index is 0.223. The number of amides is 1. The van der Waals surface area contributed by atoms with Crippen molar-refractivity contribution >= 4 is 17.7 Å². The van der Waals surface area contributed by atoms with E-state index in [2.05, 4.69) is 15.6 Å². The van der Waals surface area contributed by atoms with Crippen LogP contribution in [0.5, 0.6) is 0 Å². The molecule has 22 heavy (non-hydrogen) atoms. The number of nitrogens with zero attached hydrogens (tertiary/aromatic N) is 2. The summed E-state index contributed by atoms with van der Waals surface area (Å²) in [7, 11) is 1.84. The zero-order valence-corrected chi connectivity index (χ0v) is 12.3. The molecule has 0 bridgehead atoms. The number of hydrogen-bond donors (Lipinski definition) is 2. The third-order valence-corrected chi connectivity index (χ3v) is 3.72. The Morgan fingerprint density at radius 1 is 1.50 bits per heavy atom. The molecule has 5 nitrogen and oxygen atoms in total. The summed E-state index contributed by atoms with van der Waals surface area (Å²) in [6.07, 6.45) is 6.95. The molecule has 1 aromatic heterocycles. The van der Waals surface area contributed by atoms with Crippen molar-refractivity contribution in [3.8, 4) is 0 Å². The Morgan fingerprint density at radius 3 is 3.14 bits per heavy atom. The van der Waals surface area contributed by atoms with Crippen LogP contribution >= 0.6 is 0 Å². The van der Waals surface area contributed by atoms with Gasteiger partial charge >= 0.3 is 0 Å². The number of carbonyl (C=O) groups excluding carboxylic acids is 1. The van der Waals surface area contributed by atoms with Crippen LogP contribution in [0.1, 0.15) is 16.8 Å². The van der Waals surface area contributed by atoms with E-state index in [0.29, 0.717) is 18.5 Å². The van der Waals surface area contributed by atoms with E-state index in [1.807, 2.05) is 13.1 Å². The van der Waals surface area contributed by atoms with Crippen LogP contribution in [0.3, 0.4) is 0 Å². The highest BCUT2D eigenvalue weighted by atomic mass is 19.1. The highest BCUT2D eigenvalue weighted by molar-refractivity contribution is 6.01. The van der Waals surface area contributed by atoms with Gasteiger partial charge in [0.25, 0.3) is 0 Å². The molecule has 0 radical (unpaired) electrons. The fraction of sp³-hybridized carbons (Fsp3) is 0.250. The fourth-order valence-electron chi connectivity index (χ4n) is 2.49. The van der Waals surface area contributed by atoms with Gasteiger partial charge in [-0.2, -0.15) is 0 Å². The summed E-state index contributed by atoms with van der Waals surface area (Å²) in [5.41, 5.74) is 2.66. The Bertz CT molecular complexity index is 736. The lowest BCUT2D eigenvalue weighted by Gasteiger charge is -2.19. The molecule has 0 fully saturated rings. The fourth-order valence-corrected chi connectivity index (χ4v) is 2.49. The van der Waals surface area contributed by atoms with Gasteiger partial charge in [-0.3, -0.25) is 4.79 Å². The summed E-state index contributed by atoms with van der Waals surface area (Å²) in [6.45, 7) is 1.42. The van der Waals surface area contributed by atoms with E-state index in [1.54, 1.807) is 29.2 Å². The number of aryl methyl sites for hydroxylation is 1. The number of carbonyl (C=O) groups is 1. The van der Waals surface area contributed by atoms with Gasteiger partial charge in [-0.15, -0.1) is 0 Å². The van der Waals surface area contributed by atoms with Crippen LogP contribution in [0.4, 0.5) is 10.1 Å². The molecular formula is C16H17FN4O. The van der Waals surface area contributed by atoms with Crippen LogP contribution in [0.2, 0.25) is 0 Å². The average molecular weight is 300 g/mol. The van der Waals surface area contributed by atoms with Crippen LogP contribution in [-0.4, -0.2) is 22.0 Å².